The van der Waals surface area contributed by atoms with Crippen molar-refractivity contribution in [1.82, 2.24) is 0 Å². The monoisotopic (exact) mass is 392 g/mol. The molecule has 22 heavy (non-hydrogen) atoms. The summed E-state index contributed by atoms with van der Waals surface area (Å²) in [6.45, 7) is 2.31. The van der Waals surface area contributed by atoms with Crippen molar-refractivity contribution in [3.05, 3.63) is 96.6 Å². The van der Waals surface area contributed by atoms with Gasteiger partial charge in [-0.05, 0) is 25.2 Å². The second kappa shape index (κ2) is 9.57. The molecule has 0 atom stereocenters. The van der Waals surface area contributed by atoms with Crippen molar-refractivity contribution in [2.45, 2.75) is 0 Å². The molecule has 3 aromatic rings. The average Bonchev–Trinajstić information content (AvgIpc) is 2.64. The van der Waals surface area contributed by atoms with Gasteiger partial charge in [0.25, 0.3) is 0 Å². The molecule has 0 spiro atoms. The van der Waals surface area contributed by atoms with E-state index < -0.39 is 0 Å². The summed E-state index contributed by atoms with van der Waals surface area (Å²) in [6, 6.07) is 31.6. The Balaban J connectivity index is 0.000000188. The van der Waals surface area contributed by atoms with Crippen LogP contribution < -0.4 is 10.6 Å². The second-order valence-electron chi connectivity index (χ2n) is 4.74. The van der Waals surface area contributed by atoms with Crippen molar-refractivity contribution in [1.29, 1.82) is 0 Å². The van der Waals surface area contributed by atoms with Gasteiger partial charge in [-0.2, -0.15) is 0 Å². The standard InChI is InChI=1S/C13H13P.C7H6.Ru/c1-14(12-8-4-2-5-9-12)13-10-6-3-7-11-13;1-7-5-3-2-4-6-7;/h2-11H,1H3;1-6H;. The summed E-state index contributed by atoms with van der Waals surface area (Å²) >= 11 is 2.48. The fourth-order valence-corrected chi connectivity index (χ4v) is 3.84. The van der Waals surface area contributed by atoms with E-state index in [1.54, 1.807) is 0 Å². The molecule has 0 saturated heterocycles. The van der Waals surface area contributed by atoms with Gasteiger partial charge in [0.2, 0.25) is 0 Å². The molecule has 0 aromatic heterocycles. The molecule has 0 nitrogen and oxygen atoms in total. The van der Waals surface area contributed by atoms with E-state index >= 15 is 0 Å². The molecule has 112 valence electrons. The van der Waals surface area contributed by atoms with Crippen LogP contribution in [0.2, 0.25) is 0 Å². The minimum absolute atomic E-state index is 0.171. The van der Waals surface area contributed by atoms with Gasteiger partial charge in [0, 0.05) is 0 Å². The fourth-order valence-electron chi connectivity index (χ4n) is 1.97. The van der Waals surface area contributed by atoms with Crippen LogP contribution >= 0.6 is 7.92 Å². The van der Waals surface area contributed by atoms with Crippen LogP contribution in [0.1, 0.15) is 5.56 Å². The van der Waals surface area contributed by atoms with E-state index in [0.717, 1.165) is 0 Å². The van der Waals surface area contributed by atoms with Crippen LogP contribution in [0, 0.1) is 0 Å². The van der Waals surface area contributed by atoms with E-state index in [1.165, 1.54) is 16.2 Å². The molecule has 0 unspecified atom stereocenters. The first-order chi connectivity index (χ1) is 10.8. The molecular formula is C20H19PRu. The van der Waals surface area contributed by atoms with Crippen molar-refractivity contribution in [3.63, 3.8) is 0 Å². The third-order valence-corrected chi connectivity index (χ3v) is 5.93. The van der Waals surface area contributed by atoms with Crippen LogP contribution in [-0.4, -0.2) is 11.3 Å². The normalized spacial score (nSPS) is 9.77. The van der Waals surface area contributed by atoms with Gasteiger partial charge in [-0.15, -0.1) is 0 Å². The molecule has 0 saturated carbocycles. The molecule has 2 heteroatoms. The zero-order valence-corrected chi connectivity index (χ0v) is 15.2. The summed E-state index contributed by atoms with van der Waals surface area (Å²) in [5, 5.41) is 2.88. The Kier molecular flexibility index (Phi) is 7.37. The zero-order valence-electron chi connectivity index (χ0n) is 12.5. The SMILES string of the molecule is CP(c1ccccc1)c1ccccc1.[Ru]=[CH]c1ccccc1. The van der Waals surface area contributed by atoms with Crippen LogP contribution in [0.4, 0.5) is 0 Å². The van der Waals surface area contributed by atoms with Gasteiger partial charge < -0.3 is 0 Å². The maximum absolute atomic E-state index is 2.48. The van der Waals surface area contributed by atoms with Crippen LogP contribution in [-0.2, 0) is 17.9 Å². The van der Waals surface area contributed by atoms with Gasteiger partial charge >= 0.3 is 58.4 Å². The van der Waals surface area contributed by atoms with Crippen molar-refractivity contribution in [3.8, 4) is 0 Å². The van der Waals surface area contributed by atoms with Crippen molar-refractivity contribution >= 4 is 23.1 Å². The van der Waals surface area contributed by atoms with E-state index in [4.69, 9.17) is 0 Å². The van der Waals surface area contributed by atoms with E-state index in [1.807, 2.05) is 22.8 Å². The molecular weight excluding hydrogens is 372 g/mol. The molecule has 0 bridgehead atoms. The Morgan fingerprint density at radius 1 is 0.636 bits per heavy atom. The average molecular weight is 391 g/mol. The predicted octanol–water partition coefficient (Wildman–Crippen LogP) is 4.13. The van der Waals surface area contributed by atoms with Gasteiger partial charge in [0.05, 0.1) is 0 Å². The third-order valence-electron chi connectivity index (χ3n) is 3.20. The van der Waals surface area contributed by atoms with E-state index in [0.29, 0.717) is 0 Å². The second-order valence-corrected chi connectivity index (χ2v) is 7.40. The molecule has 0 radical (unpaired) electrons. The molecule has 0 N–H and O–H groups in total. The van der Waals surface area contributed by atoms with Gasteiger partial charge in [0.15, 0.2) is 0 Å². The van der Waals surface area contributed by atoms with E-state index in [9.17, 15) is 0 Å². The van der Waals surface area contributed by atoms with Gasteiger partial charge in [0.1, 0.15) is 0 Å². The number of hydrogen-bond donors (Lipinski definition) is 0. The van der Waals surface area contributed by atoms with E-state index in [2.05, 4.69) is 97.3 Å². The number of benzene rings is 3. The third kappa shape index (κ3) is 5.41. The summed E-state index contributed by atoms with van der Waals surface area (Å²) in [7, 11) is -0.171. The van der Waals surface area contributed by atoms with Crippen LogP contribution in [0.3, 0.4) is 0 Å². The quantitative estimate of drug-likeness (QED) is 0.465. The van der Waals surface area contributed by atoms with Crippen LogP contribution in [0.5, 0.6) is 0 Å². The van der Waals surface area contributed by atoms with Crippen molar-refractivity contribution in [2.75, 3.05) is 6.66 Å². The fraction of sp³-hybridized carbons (Fsp3) is 0.0500. The summed E-state index contributed by atoms with van der Waals surface area (Å²) < 4.78 is 2.01. The summed E-state index contributed by atoms with van der Waals surface area (Å²) in [5.74, 6) is 0. The molecule has 3 rings (SSSR count). The molecule has 0 fully saturated rings. The molecule has 0 aliphatic rings. The Bertz CT molecular complexity index is 626. The first-order valence-electron chi connectivity index (χ1n) is 7.12. The molecule has 0 aliphatic carbocycles. The number of rotatable bonds is 3. The maximum atomic E-state index is 2.48. The first kappa shape index (κ1) is 16.9. The van der Waals surface area contributed by atoms with Gasteiger partial charge in [-0.1, -0.05) is 60.7 Å². The Morgan fingerprint density at radius 3 is 1.32 bits per heavy atom. The predicted molar refractivity (Wildman–Crippen MR) is 96.6 cm³/mol. The van der Waals surface area contributed by atoms with Crippen molar-refractivity contribution in [2.24, 2.45) is 0 Å². The Morgan fingerprint density at radius 2 is 1.00 bits per heavy atom. The van der Waals surface area contributed by atoms with Gasteiger partial charge in [-0.3, -0.25) is 0 Å². The Labute approximate surface area is 144 Å². The summed E-state index contributed by atoms with van der Waals surface area (Å²) in [6.07, 6.45) is 0. The summed E-state index contributed by atoms with van der Waals surface area (Å²) in [5.41, 5.74) is 1.25. The molecule has 0 amide bonds. The summed E-state index contributed by atoms with van der Waals surface area (Å²) in [4.78, 5) is 0. The van der Waals surface area contributed by atoms with Crippen LogP contribution in [0.15, 0.2) is 91.0 Å². The topological polar surface area (TPSA) is 0 Å². The Hall–Kier alpha value is -1.42. The van der Waals surface area contributed by atoms with Crippen LogP contribution in [0.25, 0.3) is 0 Å². The first-order valence-corrected chi connectivity index (χ1v) is 9.91. The van der Waals surface area contributed by atoms with Gasteiger partial charge in [-0.25, -0.2) is 0 Å². The number of hydrogen-bond acceptors (Lipinski definition) is 0. The van der Waals surface area contributed by atoms with Crippen molar-refractivity contribution < 1.29 is 17.9 Å². The molecule has 0 aliphatic heterocycles. The minimum atomic E-state index is -0.171. The molecule has 3 aromatic carbocycles. The molecule has 0 heterocycles. The van der Waals surface area contributed by atoms with E-state index in [-0.39, 0.29) is 7.92 Å². The zero-order chi connectivity index (χ0) is 15.6.